The molecule has 8 heteroatoms. The molecule has 1 aliphatic heterocycles. The average Bonchev–Trinajstić information content (AvgIpc) is 3.36. The van der Waals surface area contributed by atoms with E-state index in [0.29, 0.717) is 18.9 Å². The standard InChI is InChI=1S/C22H30N2O6/c1-2-28-21-18(13-19(25)30-21)23-20(26)17(12-15-8-6-7-9-15)24-22(27)29-14-16-10-4-3-5-11-16/h3-5,10-11,15,17-18,21H,2,6-9,12-14H2,1H3,(H,23,26)(H,24,27)/t17-,18-,21+/m0/s1. The molecule has 164 valence electrons. The number of amides is 2. The van der Waals surface area contributed by atoms with Gasteiger partial charge in [0.1, 0.15) is 18.7 Å². The van der Waals surface area contributed by atoms with Gasteiger partial charge in [-0.3, -0.25) is 9.59 Å². The molecule has 1 saturated heterocycles. The van der Waals surface area contributed by atoms with E-state index in [2.05, 4.69) is 10.6 Å². The fourth-order valence-corrected chi connectivity index (χ4v) is 3.97. The molecule has 0 unspecified atom stereocenters. The molecule has 3 rings (SSSR count). The van der Waals surface area contributed by atoms with Crippen molar-refractivity contribution in [3.63, 3.8) is 0 Å². The molecule has 30 heavy (non-hydrogen) atoms. The maximum absolute atomic E-state index is 12.9. The Bertz CT molecular complexity index is 720. The number of carbonyl (C=O) groups is 3. The SMILES string of the molecule is CCO[C@@H]1OC(=O)C[C@@H]1NC(=O)[C@H](CC1CCCC1)NC(=O)OCc1ccccc1. The third-order valence-electron chi connectivity index (χ3n) is 5.49. The van der Waals surface area contributed by atoms with E-state index in [9.17, 15) is 14.4 Å². The number of rotatable bonds is 9. The van der Waals surface area contributed by atoms with Gasteiger partial charge in [0.05, 0.1) is 6.42 Å². The summed E-state index contributed by atoms with van der Waals surface area (Å²) in [5, 5.41) is 5.52. The van der Waals surface area contributed by atoms with Gasteiger partial charge in [-0.15, -0.1) is 0 Å². The minimum atomic E-state index is -0.802. The molecule has 8 nitrogen and oxygen atoms in total. The van der Waals surface area contributed by atoms with Crippen molar-refractivity contribution >= 4 is 18.0 Å². The molecule has 1 saturated carbocycles. The van der Waals surface area contributed by atoms with Gasteiger partial charge in [0, 0.05) is 6.61 Å². The van der Waals surface area contributed by atoms with Crippen molar-refractivity contribution in [3.8, 4) is 0 Å². The largest absolute Gasteiger partial charge is 0.445 e. The summed E-state index contributed by atoms with van der Waals surface area (Å²) in [7, 11) is 0. The molecule has 1 heterocycles. The molecular formula is C22H30N2O6. The number of carbonyl (C=O) groups excluding carboxylic acids is 3. The molecule has 1 aliphatic carbocycles. The molecule has 1 aromatic carbocycles. The lowest BCUT2D eigenvalue weighted by molar-refractivity contribution is -0.164. The topological polar surface area (TPSA) is 103 Å². The molecule has 0 radical (unpaired) electrons. The van der Waals surface area contributed by atoms with Crippen LogP contribution in [0.3, 0.4) is 0 Å². The second kappa shape index (κ2) is 11.0. The quantitative estimate of drug-likeness (QED) is 0.598. The van der Waals surface area contributed by atoms with E-state index in [1.165, 1.54) is 0 Å². The van der Waals surface area contributed by atoms with Gasteiger partial charge in [0.25, 0.3) is 0 Å². The highest BCUT2D eigenvalue weighted by Gasteiger charge is 2.38. The maximum atomic E-state index is 12.9. The van der Waals surface area contributed by atoms with Gasteiger partial charge in [0.15, 0.2) is 0 Å². The summed E-state index contributed by atoms with van der Waals surface area (Å²) >= 11 is 0. The van der Waals surface area contributed by atoms with Crippen LogP contribution in [-0.4, -0.2) is 43.0 Å². The van der Waals surface area contributed by atoms with Crippen molar-refractivity contribution in [2.24, 2.45) is 5.92 Å². The Kier molecular flexibility index (Phi) is 8.07. The van der Waals surface area contributed by atoms with Crippen LogP contribution in [0.4, 0.5) is 4.79 Å². The first-order valence-corrected chi connectivity index (χ1v) is 10.6. The lowest BCUT2D eigenvalue weighted by Crippen LogP contribution is -2.52. The summed E-state index contributed by atoms with van der Waals surface area (Å²) in [6.07, 6.45) is 3.48. The number of cyclic esters (lactones) is 1. The van der Waals surface area contributed by atoms with E-state index in [4.69, 9.17) is 14.2 Å². The molecule has 2 aliphatic rings. The smallest absolute Gasteiger partial charge is 0.408 e. The molecule has 0 aromatic heterocycles. The first kappa shape index (κ1) is 22.1. The summed E-state index contributed by atoms with van der Waals surface area (Å²) in [4.78, 5) is 36.9. The minimum Gasteiger partial charge on any atom is -0.445 e. The van der Waals surface area contributed by atoms with Crippen LogP contribution in [-0.2, 0) is 30.4 Å². The zero-order valence-electron chi connectivity index (χ0n) is 17.3. The molecule has 0 spiro atoms. The van der Waals surface area contributed by atoms with Crippen molar-refractivity contribution in [1.82, 2.24) is 10.6 Å². The molecule has 3 atom stereocenters. The van der Waals surface area contributed by atoms with Crippen LogP contribution in [0, 0.1) is 5.92 Å². The van der Waals surface area contributed by atoms with Crippen LogP contribution in [0.5, 0.6) is 0 Å². The number of esters is 1. The van der Waals surface area contributed by atoms with Gasteiger partial charge >= 0.3 is 12.1 Å². The first-order chi connectivity index (χ1) is 14.5. The fourth-order valence-electron chi connectivity index (χ4n) is 3.97. The number of alkyl carbamates (subject to hydrolysis) is 1. The van der Waals surface area contributed by atoms with Crippen LogP contribution in [0.2, 0.25) is 0 Å². The summed E-state index contributed by atoms with van der Waals surface area (Å²) in [6, 6.07) is 8.03. The van der Waals surface area contributed by atoms with Crippen LogP contribution < -0.4 is 10.6 Å². The van der Waals surface area contributed by atoms with E-state index >= 15 is 0 Å². The Labute approximate surface area is 176 Å². The number of hydrogen-bond donors (Lipinski definition) is 2. The molecule has 2 fully saturated rings. The predicted molar refractivity (Wildman–Crippen MR) is 108 cm³/mol. The van der Waals surface area contributed by atoms with E-state index in [-0.39, 0.29) is 18.9 Å². The lowest BCUT2D eigenvalue weighted by atomic mass is 9.97. The van der Waals surface area contributed by atoms with Crippen LogP contribution in [0.25, 0.3) is 0 Å². The number of ether oxygens (including phenoxy) is 3. The van der Waals surface area contributed by atoms with E-state index < -0.39 is 30.4 Å². The van der Waals surface area contributed by atoms with Crippen molar-refractivity contribution < 1.29 is 28.6 Å². The Hall–Kier alpha value is -2.61. The Morgan fingerprint density at radius 1 is 1.20 bits per heavy atom. The fraction of sp³-hybridized carbons (Fsp3) is 0.591. The summed E-state index contributed by atoms with van der Waals surface area (Å²) in [6.45, 7) is 2.28. The molecule has 2 N–H and O–H groups in total. The van der Waals surface area contributed by atoms with Gasteiger partial charge < -0.3 is 24.8 Å². The van der Waals surface area contributed by atoms with Gasteiger partial charge in [0.2, 0.25) is 12.2 Å². The number of hydrogen-bond acceptors (Lipinski definition) is 6. The van der Waals surface area contributed by atoms with E-state index in [1.807, 2.05) is 30.3 Å². The second-order valence-electron chi connectivity index (χ2n) is 7.78. The Morgan fingerprint density at radius 2 is 1.93 bits per heavy atom. The van der Waals surface area contributed by atoms with Gasteiger partial charge in [-0.2, -0.15) is 0 Å². The zero-order valence-corrected chi connectivity index (χ0v) is 17.3. The van der Waals surface area contributed by atoms with Crippen molar-refractivity contribution in [2.75, 3.05) is 6.61 Å². The van der Waals surface area contributed by atoms with Crippen LogP contribution >= 0.6 is 0 Å². The van der Waals surface area contributed by atoms with Crippen LogP contribution in [0.1, 0.15) is 51.0 Å². The maximum Gasteiger partial charge on any atom is 0.408 e. The third kappa shape index (κ3) is 6.45. The third-order valence-corrected chi connectivity index (χ3v) is 5.49. The second-order valence-corrected chi connectivity index (χ2v) is 7.78. The highest BCUT2D eigenvalue weighted by atomic mass is 16.7. The monoisotopic (exact) mass is 418 g/mol. The van der Waals surface area contributed by atoms with Gasteiger partial charge in [-0.05, 0) is 24.8 Å². The summed E-state index contributed by atoms with van der Waals surface area (Å²) in [5.41, 5.74) is 0.866. The Balaban J connectivity index is 1.58. The van der Waals surface area contributed by atoms with Gasteiger partial charge in [-0.1, -0.05) is 56.0 Å². The minimum absolute atomic E-state index is 0.0466. The molecule has 1 aromatic rings. The Morgan fingerprint density at radius 3 is 2.63 bits per heavy atom. The van der Waals surface area contributed by atoms with E-state index in [1.54, 1.807) is 6.92 Å². The van der Waals surface area contributed by atoms with Crippen molar-refractivity contribution in [1.29, 1.82) is 0 Å². The summed E-state index contributed by atoms with van der Waals surface area (Å²) in [5.74, 6) is -0.396. The van der Waals surface area contributed by atoms with Crippen molar-refractivity contribution in [3.05, 3.63) is 35.9 Å². The average molecular weight is 418 g/mol. The van der Waals surface area contributed by atoms with Crippen LogP contribution in [0.15, 0.2) is 30.3 Å². The number of benzene rings is 1. The first-order valence-electron chi connectivity index (χ1n) is 10.6. The molecular weight excluding hydrogens is 388 g/mol. The number of nitrogens with one attached hydrogen (secondary N) is 2. The zero-order chi connectivity index (χ0) is 21.3. The van der Waals surface area contributed by atoms with Crippen molar-refractivity contribution in [2.45, 2.75) is 70.4 Å². The highest BCUT2D eigenvalue weighted by Crippen LogP contribution is 2.29. The van der Waals surface area contributed by atoms with Gasteiger partial charge in [-0.25, -0.2) is 4.79 Å². The summed E-state index contributed by atoms with van der Waals surface area (Å²) < 4.78 is 15.8. The lowest BCUT2D eigenvalue weighted by Gasteiger charge is -2.24. The molecule has 0 bridgehead atoms. The van der Waals surface area contributed by atoms with E-state index in [0.717, 1.165) is 31.2 Å². The normalized spacial score (nSPS) is 22.4. The molecule has 2 amide bonds. The highest BCUT2D eigenvalue weighted by molar-refractivity contribution is 5.86. The predicted octanol–water partition coefficient (Wildman–Crippen LogP) is 2.66.